The largest absolute Gasteiger partial charge is 0.336 e. The number of hydrogen-bond acceptors (Lipinski definition) is 3. The summed E-state index contributed by atoms with van der Waals surface area (Å²) in [6.45, 7) is 5.50. The minimum atomic E-state index is -3.51. The molecule has 0 radical (unpaired) electrons. The van der Waals surface area contributed by atoms with Crippen LogP contribution < -0.4 is 0 Å². The quantitative estimate of drug-likeness (QED) is 0.677. The summed E-state index contributed by atoms with van der Waals surface area (Å²) in [5, 5.41) is 0. The van der Waals surface area contributed by atoms with Crippen LogP contribution in [-0.4, -0.2) is 43.2 Å². The third kappa shape index (κ3) is 4.41. The van der Waals surface area contributed by atoms with Crippen LogP contribution in [0.4, 0.5) is 0 Å². The van der Waals surface area contributed by atoms with Crippen molar-refractivity contribution in [2.75, 3.05) is 19.6 Å². The van der Waals surface area contributed by atoms with Crippen molar-refractivity contribution >= 4 is 15.9 Å². The van der Waals surface area contributed by atoms with Gasteiger partial charge >= 0.3 is 0 Å². The summed E-state index contributed by atoms with van der Waals surface area (Å²) < 4.78 is 27.9. The monoisotopic (exact) mass is 440 g/mol. The number of sulfonamides is 1. The van der Waals surface area contributed by atoms with E-state index in [-0.39, 0.29) is 17.9 Å². The lowest BCUT2D eigenvalue weighted by molar-refractivity contribution is -0.138. The number of benzene rings is 2. The van der Waals surface area contributed by atoms with Crippen LogP contribution >= 0.6 is 0 Å². The predicted molar refractivity (Wildman–Crippen MR) is 122 cm³/mol. The van der Waals surface area contributed by atoms with Crippen LogP contribution in [0.1, 0.15) is 55.8 Å². The second-order valence-corrected chi connectivity index (χ2v) is 10.6. The smallest absolute Gasteiger partial charge is 0.243 e. The highest BCUT2D eigenvalue weighted by Crippen LogP contribution is 2.30. The molecule has 1 aliphatic heterocycles. The van der Waals surface area contributed by atoms with Crippen LogP contribution in [0.25, 0.3) is 0 Å². The zero-order valence-electron chi connectivity index (χ0n) is 18.5. The van der Waals surface area contributed by atoms with Crippen LogP contribution in [0.15, 0.2) is 53.4 Å². The Bertz CT molecular complexity index is 1030. The first-order valence-corrected chi connectivity index (χ1v) is 12.8. The van der Waals surface area contributed by atoms with E-state index in [4.69, 9.17) is 0 Å². The van der Waals surface area contributed by atoms with Crippen molar-refractivity contribution in [2.45, 2.75) is 56.9 Å². The first kappa shape index (κ1) is 22.0. The number of piperidine rings is 1. The molecule has 166 valence electrons. The van der Waals surface area contributed by atoms with E-state index in [1.807, 2.05) is 54.3 Å². The van der Waals surface area contributed by atoms with Gasteiger partial charge in [0, 0.05) is 25.6 Å². The first-order valence-electron chi connectivity index (χ1n) is 11.4. The third-order valence-corrected chi connectivity index (χ3v) is 8.78. The molecule has 2 aromatic carbocycles. The highest BCUT2D eigenvalue weighted by atomic mass is 32.2. The molecule has 2 aromatic rings. The number of rotatable bonds is 6. The molecule has 31 heavy (non-hydrogen) atoms. The van der Waals surface area contributed by atoms with Crippen LogP contribution in [0.5, 0.6) is 0 Å². The van der Waals surface area contributed by atoms with Gasteiger partial charge in [0.2, 0.25) is 15.9 Å². The van der Waals surface area contributed by atoms with Crippen molar-refractivity contribution in [1.82, 2.24) is 9.21 Å². The maximum atomic E-state index is 13.3. The zero-order chi connectivity index (χ0) is 22.0. The zero-order valence-corrected chi connectivity index (χ0v) is 19.3. The Labute approximate surface area is 186 Å². The molecule has 4 rings (SSSR count). The van der Waals surface area contributed by atoms with Gasteiger partial charge in [-0.3, -0.25) is 4.79 Å². The van der Waals surface area contributed by atoms with Crippen LogP contribution in [0.3, 0.4) is 0 Å². The average Bonchev–Trinajstić information content (AvgIpc) is 3.28. The normalized spacial score (nSPS) is 18.5. The second-order valence-electron chi connectivity index (χ2n) is 8.67. The van der Waals surface area contributed by atoms with E-state index in [9.17, 15) is 13.2 Å². The van der Waals surface area contributed by atoms with Gasteiger partial charge in [-0.2, -0.15) is 4.31 Å². The van der Waals surface area contributed by atoms with Crippen LogP contribution in [0, 0.1) is 5.92 Å². The van der Waals surface area contributed by atoms with Crippen molar-refractivity contribution in [2.24, 2.45) is 5.92 Å². The summed E-state index contributed by atoms with van der Waals surface area (Å²) in [6, 6.07) is 15.6. The minimum absolute atomic E-state index is 0.00637. The van der Waals surface area contributed by atoms with E-state index >= 15 is 0 Å². The van der Waals surface area contributed by atoms with Crippen LogP contribution in [0.2, 0.25) is 0 Å². The molecule has 0 aromatic heterocycles. The van der Waals surface area contributed by atoms with Gasteiger partial charge in [0.15, 0.2) is 0 Å². The van der Waals surface area contributed by atoms with E-state index in [1.54, 1.807) is 10.4 Å². The van der Waals surface area contributed by atoms with E-state index in [2.05, 4.69) is 6.92 Å². The number of carbonyl (C=O) groups excluding carboxylic acids is 1. The highest BCUT2D eigenvalue weighted by Gasteiger charge is 2.35. The minimum Gasteiger partial charge on any atom is -0.336 e. The van der Waals surface area contributed by atoms with E-state index < -0.39 is 10.0 Å². The molecular formula is C25H32N2O3S. The Morgan fingerprint density at radius 2 is 1.74 bits per heavy atom. The topological polar surface area (TPSA) is 57.7 Å². The lowest BCUT2D eigenvalue weighted by atomic mass is 9.95. The number of hydrogen-bond donors (Lipinski definition) is 0. The molecule has 6 heteroatoms. The van der Waals surface area contributed by atoms with Crippen LogP contribution in [-0.2, 0) is 27.7 Å². The maximum absolute atomic E-state index is 13.3. The lowest BCUT2D eigenvalue weighted by Crippen LogP contribution is -2.45. The van der Waals surface area contributed by atoms with Gasteiger partial charge in [0.1, 0.15) is 0 Å². The fourth-order valence-corrected chi connectivity index (χ4v) is 6.49. The Balaban J connectivity index is 1.42. The molecule has 0 unspecified atom stereocenters. The molecule has 5 nitrogen and oxygen atoms in total. The lowest BCUT2D eigenvalue weighted by Gasteiger charge is -2.36. The van der Waals surface area contributed by atoms with Gasteiger partial charge in [-0.1, -0.05) is 36.4 Å². The summed E-state index contributed by atoms with van der Waals surface area (Å²) in [6.07, 6.45) is 4.24. The Hall–Kier alpha value is -2.18. The van der Waals surface area contributed by atoms with Crippen molar-refractivity contribution in [3.63, 3.8) is 0 Å². The summed E-state index contributed by atoms with van der Waals surface area (Å²) in [4.78, 5) is 15.6. The summed E-state index contributed by atoms with van der Waals surface area (Å²) in [7, 11) is -3.51. The van der Waals surface area contributed by atoms with E-state index in [0.717, 1.165) is 24.8 Å². The average molecular weight is 441 g/mol. The molecule has 1 atom stereocenters. The predicted octanol–water partition coefficient (Wildman–Crippen LogP) is 4.19. The van der Waals surface area contributed by atoms with Gasteiger partial charge in [-0.15, -0.1) is 0 Å². The van der Waals surface area contributed by atoms with Gasteiger partial charge in [0.25, 0.3) is 0 Å². The SMILES string of the molecule is CCN(C(=O)C1CCN(S(=O)(=O)c2ccc3c(c2)CCC3)CC1)[C@H](C)c1ccccc1. The standard InChI is InChI=1S/C25H32N2O3S/c1-3-27(19(2)20-8-5-4-6-9-20)25(28)22-14-16-26(17-15-22)31(29,30)24-13-12-21-10-7-11-23(21)18-24/h4-6,8-9,12-13,18-19,22H,3,7,10-11,14-17H2,1-2H3/t19-/m1/s1. The molecule has 1 saturated heterocycles. The van der Waals surface area contributed by atoms with E-state index in [1.165, 1.54) is 11.1 Å². The molecule has 0 N–H and O–H groups in total. The van der Waals surface area contributed by atoms with Gasteiger partial charge in [-0.25, -0.2) is 8.42 Å². The number of aryl methyl sites for hydroxylation is 2. The number of carbonyl (C=O) groups is 1. The molecular weight excluding hydrogens is 408 g/mol. The molecule has 1 aliphatic carbocycles. The molecule has 0 bridgehead atoms. The Kier molecular flexibility index (Phi) is 6.49. The molecule has 1 amide bonds. The number of fused-ring (bicyclic) bond motifs is 1. The fraction of sp³-hybridized carbons (Fsp3) is 0.480. The first-order chi connectivity index (χ1) is 14.9. The fourth-order valence-electron chi connectivity index (χ4n) is 4.97. The van der Waals surface area contributed by atoms with E-state index in [0.29, 0.717) is 37.4 Å². The van der Waals surface area contributed by atoms with Gasteiger partial charge in [0.05, 0.1) is 10.9 Å². The van der Waals surface area contributed by atoms with Crippen molar-refractivity contribution in [1.29, 1.82) is 0 Å². The number of amides is 1. The summed E-state index contributed by atoms with van der Waals surface area (Å²) >= 11 is 0. The molecule has 2 aliphatic rings. The van der Waals surface area contributed by atoms with Crippen molar-refractivity contribution < 1.29 is 13.2 Å². The Morgan fingerprint density at radius 1 is 1.06 bits per heavy atom. The third-order valence-electron chi connectivity index (χ3n) is 6.88. The number of nitrogens with zero attached hydrogens (tertiary/aromatic N) is 2. The van der Waals surface area contributed by atoms with Crippen molar-refractivity contribution in [3.05, 3.63) is 65.2 Å². The maximum Gasteiger partial charge on any atom is 0.243 e. The van der Waals surface area contributed by atoms with Crippen molar-refractivity contribution in [3.8, 4) is 0 Å². The molecule has 0 spiro atoms. The van der Waals surface area contributed by atoms with Gasteiger partial charge < -0.3 is 4.90 Å². The van der Waals surface area contributed by atoms with Gasteiger partial charge in [-0.05, 0) is 74.8 Å². The molecule has 0 saturated carbocycles. The molecule has 1 fully saturated rings. The molecule has 1 heterocycles. The summed E-state index contributed by atoms with van der Waals surface area (Å²) in [5.74, 6) is 0.00557. The Morgan fingerprint density at radius 3 is 2.42 bits per heavy atom. The second kappa shape index (κ2) is 9.13. The summed E-state index contributed by atoms with van der Waals surface area (Å²) in [5.41, 5.74) is 3.56. The highest BCUT2D eigenvalue weighted by molar-refractivity contribution is 7.89.